The van der Waals surface area contributed by atoms with Crippen molar-refractivity contribution in [1.29, 1.82) is 0 Å². The Morgan fingerprint density at radius 1 is 1.14 bits per heavy atom. The van der Waals surface area contributed by atoms with Crippen LogP contribution >= 0.6 is 0 Å². The zero-order valence-electron chi connectivity index (χ0n) is 12.8. The molecule has 112 valence electrons. The number of methoxy groups -OCH3 is 1. The van der Waals surface area contributed by atoms with Gasteiger partial charge in [0.15, 0.2) is 0 Å². The molecule has 0 unspecified atom stereocenters. The largest absolute Gasteiger partial charge is 0.497 e. The fourth-order valence-corrected chi connectivity index (χ4v) is 2.10. The third-order valence-corrected chi connectivity index (χ3v) is 3.35. The molecule has 0 aliphatic rings. The predicted molar refractivity (Wildman–Crippen MR) is 83.5 cm³/mol. The number of aromatic nitrogens is 1. The molecule has 0 spiro atoms. The quantitative estimate of drug-likeness (QED) is 0.884. The van der Waals surface area contributed by atoms with Crippen molar-refractivity contribution in [3.63, 3.8) is 0 Å². The second-order valence-corrected chi connectivity index (χ2v) is 5.01. The summed E-state index contributed by atoms with van der Waals surface area (Å²) >= 11 is 0. The molecule has 2 N–H and O–H groups in total. The molecule has 0 saturated carbocycles. The monoisotopic (exact) mass is 286 g/mol. The Balaban J connectivity index is 2.01. The number of aryl methyl sites for hydroxylation is 1. The summed E-state index contributed by atoms with van der Waals surface area (Å²) in [6.45, 7) is 4.43. The fraction of sp³-hybridized carbons (Fsp3) is 0.353. The second-order valence-electron chi connectivity index (χ2n) is 5.01. The summed E-state index contributed by atoms with van der Waals surface area (Å²) in [5.41, 5.74) is 8.88. The van der Waals surface area contributed by atoms with E-state index in [0.717, 1.165) is 34.9 Å². The SMILES string of the molecule is CC[C@@H](N)c1ccc(OCc2cc(OC)cc(C)n2)cc1. The Bertz CT molecular complexity index is 582. The first-order valence-corrected chi connectivity index (χ1v) is 7.12. The number of hydrogen-bond acceptors (Lipinski definition) is 4. The topological polar surface area (TPSA) is 57.4 Å². The van der Waals surface area contributed by atoms with Crippen LogP contribution in [0.2, 0.25) is 0 Å². The number of nitrogens with two attached hydrogens (primary N) is 1. The molecule has 0 radical (unpaired) electrons. The molecule has 0 saturated heterocycles. The molecule has 1 atom stereocenters. The van der Waals surface area contributed by atoms with Crippen molar-refractivity contribution in [1.82, 2.24) is 4.98 Å². The second kappa shape index (κ2) is 7.09. The molecule has 21 heavy (non-hydrogen) atoms. The summed E-state index contributed by atoms with van der Waals surface area (Å²) in [6, 6.07) is 11.8. The van der Waals surface area contributed by atoms with Gasteiger partial charge in [-0.15, -0.1) is 0 Å². The van der Waals surface area contributed by atoms with Crippen LogP contribution in [0.4, 0.5) is 0 Å². The number of nitrogens with zero attached hydrogens (tertiary/aromatic N) is 1. The third-order valence-electron chi connectivity index (χ3n) is 3.35. The Hall–Kier alpha value is -2.07. The van der Waals surface area contributed by atoms with Crippen molar-refractivity contribution in [2.45, 2.75) is 32.9 Å². The summed E-state index contributed by atoms with van der Waals surface area (Å²) in [5, 5.41) is 0. The highest BCUT2D eigenvalue weighted by Gasteiger charge is 2.05. The van der Waals surface area contributed by atoms with Crippen molar-refractivity contribution in [3.8, 4) is 11.5 Å². The van der Waals surface area contributed by atoms with Crippen molar-refractivity contribution in [3.05, 3.63) is 53.3 Å². The van der Waals surface area contributed by atoms with E-state index in [2.05, 4.69) is 11.9 Å². The Labute approximate surface area is 125 Å². The molecule has 0 aliphatic carbocycles. The zero-order chi connectivity index (χ0) is 15.2. The molecule has 4 nitrogen and oxygen atoms in total. The van der Waals surface area contributed by atoms with Gasteiger partial charge >= 0.3 is 0 Å². The normalized spacial score (nSPS) is 12.0. The minimum Gasteiger partial charge on any atom is -0.497 e. The fourth-order valence-electron chi connectivity index (χ4n) is 2.10. The molecule has 1 aromatic carbocycles. The number of benzene rings is 1. The average molecular weight is 286 g/mol. The van der Waals surface area contributed by atoms with E-state index in [0.29, 0.717) is 6.61 Å². The van der Waals surface area contributed by atoms with Gasteiger partial charge in [-0.1, -0.05) is 19.1 Å². The minimum atomic E-state index is 0.0850. The molecule has 0 amide bonds. The molecular weight excluding hydrogens is 264 g/mol. The lowest BCUT2D eigenvalue weighted by molar-refractivity contribution is 0.299. The van der Waals surface area contributed by atoms with E-state index in [1.54, 1.807) is 7.11 Å². The van der Waals surface area contributed by atoms with Crippen molar-refractivity contribution >= 4 is 0 Å². The van der Waals surface area contributed by atoms with Gasteiger partial charge in [-0.2, -0.15) is 0 Å². The van der Waals surface area contributed by atoms with E-state index in [9.17, 15) is 0 Å². The van der Waals surface area contributed by atoms with Gasteiger partial charge in [0.05, 0.1) is 12.8 Å². The van der Waals surface area contributed by atoms with Crippen LogP contribution < -0.4 is 15.2 Å². The van der Waals surface area contributed by atoms with Crippen LogP contribution in [0.5, 0.6) is 11.5 Å². The summed E-state index contributed by atoms with van der Waals surface area (Å²) in [6.07, 6.45) is 0.924. The average Bonchev–Trinajstić information content (AvgIpc) is 2.52. The Morgan fingerprint density at radius 3 is 2.48 bits per heavy atom. The van der Waals surface area contributed by atoms with Crippen LogP contribution in [0, 0.1) is 6.92 Å². The smallest absolute Gasteiger partial charge is 0.130 e. The van der Waals surface area contributed by atoms with Gasteiger partial charge < -0.3 is 15.2 Å². The highest BCUT2D eigenvalue weighted by molar-refractivity contribution is 5.30. The van der Waals surface area contributed by atoms with E-state index in [-0.39, 0.29) is 6.04 Å². The van der Waals surface area contributed by atoms with Gasteiger partial charge in [0.2, 0.25) is 0 Å². The lowest BCUT2D eigenvalue weighted by atomic mass is 10.1. The summed E-state index contributed by atoms with van der Waals surface area (Å²) < 4.78 is 11.0. The molecule has 4 heteroatoms. The number of pyridine rings is 1. The molecule has 1 aromatic heterocycles. The van der Waals surface area contributed by atoms with E-state index in [1.807, 2.05) is 43.3 Å². The lowest BCUT2D eigenvalue weighted by Crippen LogP contribution is -2.08. The van der Waals surface area contributed by atoms with E-state index in [4.69, 9.17) is 15.2 Å². The van der Waals surface area contributed by atoms with Gasteiger partial charge in [0, 0.05) is 23.9 Å². The van der Waals surface area contributed by atoms with Gasteiger partial charge in [-0.25, -0.2) is 0 Å². The van der Waals surface area contributed by atoms with Gasteiger partial charge in [-0.3, -0.25) is 4.98 Å². The van der Waals surface area contributed by atoms with Crippen LogP contribution in [-0.4, -0.2) is 12.1 Å². The predicted octanol–water partition coefficient (Wildman–Crippen LogP) is 3.39. The highest BCUT2D eigenvalue weighted by atomic mass is 16.5. The van der Waals surface area contributed by atoms with Crippen LogP contribution in [-0.2, 0) is 6.61 Å². The van der Waals surface area contributed by atoms with Crippen LogP contribution in [0.3, 0.4) is 0 Å². The molecule has 2 aromatic rings. The number of ether oxygens (including phenoxy) is 2. The van der Waals surface area contributed by atoms with Gasteiger partial charge in [0.1, 0.15) is 18.1 Å². The van der Waals surface area contributed by atoms with Crippen molar-refractivity contribution in [2.24, 2.45) is 5.73 Å². The molecule has 2 rings (SSSR count). The summed E-state index contributed by atoms with van der Waals surface area (Å²) in [7, 11) is 1.65. The maximum absolute atomic E-state index is 5.99. The Morgan fingerprint density at radius 2 is 1.86 bits per heavy atom. The number of hydrogen-bond donors (Lipinski definition) is 1. The zero-order valence-corrected chi connectivity index (χ0v) is 12.8. The molecule has 0 bridgehead atoms. The van der Waals surface area contributed by atoms with E-state index < -0.39 is 0 Å². The highest BCUT2D eigenvalue weighted by Crippen LogP contribution is 2.20. The summed E-state index contributed by atoms with van der Waals surface area (Å²) in [5.74, 6) is 1.61. The third kappa shape index (κ3) is 4.20. The Kier molecular flexibility index (Phi) is 5.17. The van der Waals surface area contributed by atoms with Crippen molar-refractivity contribution in [2.75, 3.05) is 7.11 Å². The number of rotatable bonds is 6. The first-order valence-electron chi connectivity index (χ1n) is 7.12. The standard InChI is InChI=1S/C17H22N2O2/c1-4-17(18)13-5-7-15(8-6-13)21-11-14-10-16(20-3)9-12(2)19-14/h5-10,17H,4,11,18H2,1-3H3/t17-/m1/s1. The maximum atomic E-state index is 5.99. The van der Waals surface area contributed by atoms with Crippen LogP contribution in [0.1, 0.15) is 36.3 Å². The van der Waals surface area contributed by atoms with Gasteiger partial charge in [0.25, 0.3) is 0 Å². The van der Waals surface area contributed by atoms with Crippen LogP contribution in [0.25, 0.3) is 0 Å². The lowest BCUT2D eigenvalue weighted by Gasteiger charge is -2.11. The maximum Gasteiger partial charge on any atom is 0.130 e. The minimum absolute atomic E-state index is 0.0850. The van der Waals surface area contributed by atoms with E-state index >= 15 is 0 Å². The molecular formula is C17H22N2O2. The summed E-state index contributed by atoms with van der Waals surface area (Å²) in [4.78, 5) is 4.43. The first-order chi connectivity index (χ1) is 10.1. The molecule has 1 heterocycles. The first kappa shape index (κ1) is 15.3. The van der Waals surface area contributed by atoms with Gasteiger partial charge in [-0.05, 0) is 31.0 Å². The van der Waals surface area contributed by atoms with E-state index in [1.165, 1.54) is 0 Å². The van der Waals surface area contributed by atoms with Crippen molar-refractivity contribution < 1.29 is 9.47 Å². The molecule has 0 aliphatic heterocycles. The van der Waals surface area contributed by atoms with Crippen LogP contribution in [0.15, 0.2) is 36.4 Å². The molecule has 0 fully saturated rings.